The van der Waals surface area contributed by atoms with Gasteiger partial charge in [-0.1, -0.05) is 66.2 Å². The van der Waals surface area contributed by atoms with Gasteiger partial charge < -0.3 is 15.0 Å². The molecule has 3 aromatic carbocycles. The van der Waals surface area contributed by atoms with Crippen molar-refractivity contribution in [2.45, 2.75) is 49.6 Å². The Balaban J connectivity index is 1.54. The zero-order valence-electron chi connectivity index (χ0n) is 23.9. The first-order valence-electron chi connectivity index (χ1n) is 14.2. The van der Waals surface area contributed by atoms with Gasteiger partial charge in [0.25, 0.3) is 0 Å². The molecule has 1 aliphatic heterocycles. The van der Waals surface area contributed by atoms with Gasteiger partial charge in [-0.3, -0.25) is 9.59 Å². The van der Waals surface area contributed by atoms with Crippen molar-refractivity contribution in [3.63, 3.8) is 0 Å². The molecule has 0 bridgehead atoms. The molecule has 0 saturated carbocycles. The summed E-state index contributed by atoms with van der Waals surface area (Å²) in [5.74, 6) is -0.434. The molecule has 0 unspecified atom stereocenters. The maximum Gasteiger partial charge on any atom is 0.243 e. The van der Waals surface area contributed by atoms with E-state index in [1.165, 1.54) is 4.31 Å². The van der Waals surface area contributed by atoms with E-state index in [0.29, 0.717) is 44.1 Å². The number of aryl methyl sites for hydroxylation is 1. The van der Waals surface area contributed by atoms with Crippen LogP contribution in [0.2, 0.25) is 5.02 Å². The maximum atomic E-state index is 13.8. The Hall–Kier alpha value is -3.24. The number of amides is 2. The quantitative estimate of drug-likeness (QED) is 0.272. The number of nitrogens with zero attached hydrogens (tertiary/aromatic N) is 2. The topological polar surface area (TPSA) is 96.0 Å². The highest BCUT2D eigenvalue weighted by molar-refractivity contribution is 7.89. The van der Waals surface area contributed by atoms with Crippen LogP contribution in [-0.4, -0.2) is 68.8 Å². The van der Waals surface area contributed by atoms with Crippen LogP contribution in [0.3, 0.4) is 0 Å². The number of hydrogen-bond donors (Lipinski definition) is 1. The molecule has 3 aromatic rings. The molecule has 1 aliphatic rings. The first kappa shape index (κ1) is 31.7. The van der Waals surface area contributed by atoms with Crippen LogP contribution in [0.25, 0.3) is 0 Å². The van der Waals surface area contributed by atoms with Gasteiger partial charge in [0.05, 0.1) is 11.5 Å². The minimum absolute atomic E-state index is 0.155. The lowest BCUT2D eigenvalue weighted by Gasteiger charge is -2.31. The summed E-state index contributed by atoms with van der Waals surface area (Å²) in [5.41, 5.74) is 2.64. The fourth-order valence-corrected chi connectivity index (χ4v) is 6.68. The number of methoxy groups -OCH3 is 1. The van der Waals surface area contributed by atoms with Crippen LogP contribution in [0, 0.1) is 0 Å². The third kappa shape index (κ3) is 8.64. The highest BCUT2D eigenvalue weighted by Gasteiger charge is 2.30. The summed E-state index contributed by atoms with van der Waals surface area (Å²) in [6.45, 7) is 2.02. The molecule has 0 aromatic heterocycles. The molecule has 0 radical (unpaired) electrons. The van der Waals surface area contributed by atoms with Gasteiger partial charge in [0, 0.05) is 51.2 Å². The number of benzene rings is 3. The molecular formula is C32H38ClN3O5S. The van der Waals surface area contributed by atoms with Crippen molar-refractivity contribution < 1.29 is 22.7 Å². The summed E-state index contributed by atoms with van der Waals surface area (Å²) < 4.78 is 32.4. The lowest BCUT2D eigenvalue weighted by molar-refractivity contribution is -0.141. The molecule has 42 heavy (non-hydrogen) atoms. The number of halogens is 1. The molecule has 1 saturated heterocycles. The SMILES string of the molecule is COCCNC(=O)[C@H](Cc1ccccc1)N(Cc1ccc(Cl)cc1)C(=O)CCc1ccc(S(=O)(=O)N2CCCC2)cc1. The predicted molar refractivity (Wildman–Crippen MR) is 164 cm³/mol. The van der Waals surface area contributed by atoms with Crippen molar-refractivity contribution in [1.29, 1.82) is 0 Å². The van der Waals surface area contributed by atoms with Crippen molar-refractivity contribution in [3.05, 3.63) is 101 Å². The van der Waals surface area contributed by atoms with Gasteiger partial charge in [0.15, 0.2) is 0 Å². The van der Waals surface area contributed by atoms with Crippen LogP contribution in [0.15, 0.2) is 83.8 Å². The Kier molecular flexibility index (Phi) is 11.5. The second-order valence-corrected chi connectivity index (χ2v) is 12.8. The van der Waals surface area contributed by atoms with Gasteiger partial charge in [-0.05, 0) is 60.2 Å². The molecular weight excluding hydrogens is 574 g/mol. The fourth-order valence-electron chi connectivity index (χ4n) is 5.04. The van der Waals surface area contributed by atoms with E-state index in [2.05, 4.69) is 5.32 Å². The fraction of sp³-hybridized carbons (Fsp3) is 0.375. The highest BCUT2D eigenvalue weighted by atomic mass is 35.5. The second-order valence-electron chi connectivity index (χ2n) is 10.4. The Morgan fingerprint density at radius 3 is 2.21 bits per heavy atom. The third-order valence-corrected chi connectivity index (χ3v) is 9.56. The number of rotatable bonds is 14. The van der Waals surface area contributed by atoms with Crippen LogP contribution < -0.4 is 5.32 Å². The van der Waals surface area contributed by atoms with E-state index in [9.17, 15) is 18.0 Å². The summed E-state index contributed by atoms with van der Waals surface area (Å²) in [5, 5.41) is 3.50. The smallest absolute Gasteiger partial charge is 0.243 e. The zero-order valence-corrected chi connectivity index (χ0v) is 25.4. The largest absolute Gasteiger partial charge is 0.383 e. The van der Waals surface area contributed by atoms with Crippen molar-refractivity contribution in [3.8, 4) is 0 Å². The van der Waals surface area contributed by atoms with Crippen LogP contribution in [0.4, 0.5) is 0 Å². The van der Waals surface area contributed by atoms with E-state index >= 15 is 0 Å². The van der Waals surface area contributed by atoms with Crippen molar-refractivity contribution >= 4 is 33.4 Å². The number of carbonyl (C=O) groups is 2. The number of ether oxygens (including phenoxy) is 1. The van der Waals surface area contributed by atoms with Gasteiger partial charge in [-0.2, -0.15) is 4.31 Å². The van der Waals surface area contributed by atoms with E-state index in [4.69, 9.17) is 16.3 Å². The van der Waals surface area contributed by atoms with Gasteiger partial charge >= 0.3 is 0 Å². The number of nitrogens with one attached hydrogen (secondary N) is 1. The normalized spacial score (nSPS) is 14.4. The monoisotopic (exact) mass is 611 g/mol. The zero-order chi connectivity index (χ0) is 30.0. The van der Waals surface area contributed by atoms with Crippen molar-refractivity contribution in [2.75, 3.05) is 33.4 Å². The lowest BCUT2D eigenvalue weighted by Crippen LogP contribution is -2.51. The highest BCUT2D eigenvalue weighted by Crippen LogP contribution is 2.22. The van der Waals surface area contributed by atoms with Gasteiger partial charge in [0.1, 0.15) is 6.04 Å². The first-order valence-corrected chi connectivity index (χ1v) is 16.0. The average molecular weight is 612 g/mol. The summed E-state index contributed by atoms with van der Waals surface area (Å²) >= 11 is 6.10. The number of carbonyl (C=O) groups excluding carboxylic acids is 2. The predicted octanol–water partition coefficient (Wildman–Crippen LogP) is 4.46. The minimum Gasteiger partial charge on any atom is -0.383 e. The van der Waals surface area contributed by atoms with E-state index in [0.717, 1.165) is 29.5 Å². The average Bonchev–Trinajstić information content (AvgIpc) is 3.56. The molecule has 1 atom stereocenters. The Labute approximate surface area is 253 Å². The molecule has 0 spiro atoms. The molecule has 10 heteroatoms. The van der Waals surface area contributed by atoms with Gasteiger partial charge in [-0.25, -0.2) is 8.42 Å². The molecule has 8 nitrogen and oxygen atoms in total. The third-order valence-electron chi connectivity index (χ3n) is 7.40. The summed E-state index contributed by atoms with van der Waals surface area (Å²) in [4.78, 5) is 29.2. The first-order chi connectivity index (χ1) is 20.3. The summed E-state index contributed by atoms with van der Waals surface area (Å²) in [6, 6.07) is 22.9. The standard InChI is InChI=1S/C32H38ClN3O5S/c1-41-22-19-34-32(38)30(23-26-7-3-2-4-8-26)36(24-27-9-14-28(33)15-10-27)31(37)18-13-25-11-16-29(17-12-25)42(39,40)35-20-5-6-21-35/h2-4,7-12,14-17,30H,5-6,13,18-24H2,1H3,(H,34,38)/t30-/m0/s1. The van der Waals surface area contributed by atoms with Gasteiger partial charge in [0.2, 0.25) is 21.8 Å². The Morgan fingerprint density at radius 1 is 0.929 bits per heavy atom. The van der Waals surface area contributed by atoms with Crippen LogP contribution in [0.1, 0.15) is 36.0 Å². The second kappa shape index (κ2) is 15.3. The molecule has 1 N–H and O–H groups in total. The van der Waals surface area contributed by atoms with Crippen LogP contribution >= 0.6 is 11.6 Å². The molecule has 224 valence electrons. The molecule has 2 amide bonds. The molecule has 1 heterocycles. The number of hydrogen-bond acceptors (Lipinski definition) is 5. The molecule has 4 rings (SSSR count). The molecule has 0 aliphatic carbocycles. The van der Waals surface area contributed by atoms with Crippen LogP contribution in [-0.2, 0) is 43.7 Å². The van der Waals surface area contributed by atoms with Crippen molar-refractivity contribution in [2.24, 2.45) is 0 Å². The van der Waals surface area contributed by atoms with Gasteiger partial charge in [-0.15, -0.1) is 0 Å². The maximum absolute atomic E-state index is 13.8. The van der Waals surface area contributed by atoms with Crippen LogP contribution in [0.5, 0.6) is 0 Å². The van der Waals surface area contributed by atoms with E-state index < -0.39 is 16.1 Å². The van der Waals surface area contributed by atoms with E-state index in [-0.39, 0.29) is 29.7 Å². The molecule has 1 fully saturated rings. The van der Waals surface area contributed by atoms with E-state index in [1.54, 1.807) is 48.4 Å². The lowest BCUT2D eigenvalue weighted by atomic mass is 10.0. The Morgan fingerprint density at radius 2 is 1.57 bits per heavy atom. The number of sulfonamides is 1. The summed E-state index contributed by atoms with van der Waals surface area (Å²) in [6.07, 6.45) is 2.66. The minimum atomic E-state index is -3.50. The van der Waals surface area contributed by atoms with Crippen molar-refractivity contribution in [1.82, 2.24) is 14.5 Å². The Bertz CT molecular complexity index is 1410. The summed E-state index contributed by atoms with van der Waals surface area (Å²) in [7, 11) is -1.93. The van der Waals surface area contributed by atoms with E-state index in [1.807, 2.05) is 42.5 Å².